The summed E-state index contributed by atoms with van der Waals surface area (Å²) >= 11 is 3.43. The Labute approximate surface area is 151 Å². The number of nitrogens with zero attached hydrogens (tertiary/aromatic N) is 5. The van der Waals surface area contributed by atoms with Crippen molar-refractivity contribution in [1.29, 1.82) is 0 Å². The Hall–Kier alpha value is -1.73. The molecule has 0 bridgehead atoms. The number of hydrogen-bond donors (Lipinski definition) is 1. The van der Waals surface area contributed by atoms with Crippen LogP contribution in [0.15, 0.2) is 35.2 Å². The topological polar surface area (TPSA) is 57.2 Å². The minimum absolute atomic E-state index is 0.402. The quantitative estimate of drug-likeness (QED) is 0.846. The molecule has 6 nitrogen and oxygen atoms in total. The molecule has 1 aliphatic heterocycles. The van der Waals surface area contributed by atoms with Gasteiger partial charge in [-0.15, -0.1) is 0 Å². The van der Waals surface area contributed by atoms with Gasteiger partial charge in [0.1, 0.15) is 18.0 Å². The Kier molecular flexibility index (Phi) is 5.63. The van der Waals surface area contributed by atoms with Crippen LogP contribution in [0, 0.1) is 0 Å². The van der Waals surface area contributed by atoms with Crippen LogP contribution in [0.5, 0.6) is 0 Å². The largest absolute Gasteiger partial charge is 0.366 e. The van der Waals surface area contributed by atoms with Gasteiger partial charge in [-0.1, -0.05) is 0 Å². The summed E-state index contributed by atoms with van der Waals surface area (Å²) in [7, 11) is 3.97. The van der Waals surface area contributed by atoms with Crippen molar-refractivity contribution < 1.29 is 0 Å². The molecule has 0 aliphatic carbocycles. The molecule has 0 aromatic carbocycles. The molecule has 128 valence electrons. The summed E-state index contributed by atoms with van der Waals surface area (Å²) in [5, 5.41) is 3.55. The van der Waals surface area contributed by atoms with Crippen molar-refractivity contribution in [2.75, 3.05) is 37.4 Å². The Morgan fingerprint density at radius 3 is 2.92 bits per heavy atom. The van der Waals surface area contributed by atoms with Crippen molar-refractivity contribution in [2.45, 2.75) is 25.4 Å². The lowest BCUT2D eigenvalue weighted by molar-refractivity contribution is 0.206. The normalized spacial score (nSPS) is 18.4. The van der Waals surface area contributed by atoms with Crippen LogP contribution in [0.3, 0.4) is 0 Å². The van der Waals surface area contributed by atoms with Gasteiger partial charge < -0.3 is 10.2 Å². The molecule has 3 rings (SSSR count). The molecule has 7 heteroatoms. The van der Waals surface area contributed by atoms with Crippen molar-refractivity contribution >= 4 is 27.6 Å². The van der Waals surface area contributed by atoms with Crippen molar-refractivity contribution in [1.82, 2.24) is 19.9 Å². The van der Waals surface area contributed by atoms with Gasteiger partial charge in [-0.3, -0.25) is 9.88 Å². The van der Waals surface area contributed by atoms with E-state index in [2.05, 4.69) is 47.2 Å². The monoisotopic (exact) mass is 390 g/mol. The minimum atomic E-state index is 0.402. The Morgan fingerprint density at radius 1 is 1.29 bits per heavy atom. The third-order valence-corrected chi connectivity index (χ3v) is 4.61. The van der Waals surface area contributed by atoms with Crippen LogP contribution in [0.4, 0.5) is 11.6 Å². The van der Waals surface area contributed by atoms with E-state index in [-0.39, 0.29) is 0 Å². The van der Waals surface area contributed by atoms with Gasteiger partial charge in [-0.05, 0) is 47.4 Å². The van der Waals surface area contributed by atoms with Gasteiger partial charge >= 0.3 is 0 Å². The first-order valence-electron chi connectivity index (χ1n) is 8.19. The van der Waals surface area contributed by atoms with E-state index in [1.807, 2.05) is 37.3 Å². The van der Waals surface area contributed by atoms with Crippen molar-refractivity contribution in [2.24, 2.45) is 0 Å². The Morgan fingerprint density at radius 2 is 2.17 bits per heavy atom. The maximum absolute atomic E-state index is 4.48. The summed E-state index contributed by atoms with van der Waals surface area (Å²) in [5.41, 5.74) is 1.11. The van der Waals surface area contributed by atoms with Gasteiger partial charge in [0.25, 0.3) is 0 Å². The van der Waals surface area contributed by atoms with E-state index in [0.717, 1.165) is 47.9 Å². The van der Waals surface area contributed by atoms with Gasteiger partial charge in [0.15, 0.2) is 0 Å². The second-order valence-electron chi connectivity index (χ2n) is 6.34. The predicted molar refractivity (Wildman–Crippen MR) is 100 cm³/mol. The van der Waals surface area contributed by atoms with Gasteiger partial charge in [-0.25, -0.2) is 9.97 Å². The maximum atomic E-state index is 4.48. The molecule has 1 atom stereocenters. The summed E-state index contributed by atoms with van der Waals surface area (Å²) in [6.45, 7) is 3.00. The predicted octanol–water partition coefficient (Wildman–Crippen LogP) is 2.78. The average Bonchev–Trinajstić information content (AvgIpc) is 2.57. The molecule has 2 aromatic rings. The fourth-order valence-electron chi connectivity index (χ4n) is 2.93. The van der Waals surface area contributed by atoms with E-state index < -0.39 is 0 Å². The average molecular weight is 391 g/mol. The highest BCUT2D eigenvalue weighted by atomic mass is 79.9. The molecule has 1 unspecified atom stereocenters. The molecule has 1 N–H and O–H groups in total. The summed E-state index contributed by atoms with van der Waals surface area (Å²) in [6, 6.07) is 6.52. The number of halogens is 1. The fraction of sp³-hybridized carbons (Fsp3) is 0.471. The molecule has 0 radical (unpaired) electrons. The highest BCUT2D eigenvalue weighted by Crippen LogP contribution is 2.18. The Balaban J connectivity index is 1.59. The number of pyridine rings is 1. The molecule has 1 aliphatic rings. The highest BCUT2D eigenvalue weighted by Gasteiger charge is 2.20. The molecule has 1 saturated heterocycles. The standard InChI is InChI=1S/C17H23BrN6/c1-23(2)17-8-16(20-12-21-17)22-15-4-3-7-24(11-15)10-14-6-5-13(18)9-19-14/h5-6,8-9,12,15H,3-4,7,10-11H2,1-2H3,(H,20,21,22). The zero-order valence-corrected chi connectivity index (χ0v) is 15.7. The number of rotatable bonds is 5. The molecule has 3 heterocycles. The minimum Gasteiger partial charge on any atom is -0.366 e. The van der Waals surface area contributed by atoms with Crippen LogP contribution >= 0.6 is 15.9 Å². The lowest BCUT2D eigenvalue weighted by atomic mass is 10.1. The zero-order chi connectivity index (χ0) is 16.9. The van der Waals surface area contributed by atoms with Crippen LogP contribution in [0.25, 0.3) is 0 Å². The smallest absolute Gasteiger partial charge is 0.133 e. The number of aromatic nitrogens is 3. The first-order valence-corrected chi connectivity index (χ1v) is 8.98. The zero-order valence-electron chi connectivity index (χ0n) is 14.1. The third-order valence-electron chi connectivity index (χ3n) is 4.14. The lowest BCUT2D eigenvalue weighted by Gasteiger charge is -2.33. The van der Waals surface area contributed by atoms with E-state index in [9.17, 15) is 0 Å². The molecular weight excluding hydrogens is 368 g/mol. The second kappa shape index (κ2) is 7.90. The second-order valence-corrected chi connectivity index (χ2v) is 7.26. The maximum Gasteiger partial charge on any atom is 0.133 e. The van der Waals surface area contributed by atoms with E-state index in [1.54, 1.807) is 6.33 Å². The lowest BCUT2D eigenvalue weighted by Crippen LogP contribution is -2.41. The summed E-state index contributed by atoms with van der Waals surface area (Å²) in [6.07, 6.45) is 5.81. The van der Waals surface area contributed by atoms with Gasteiger partial charge in [0.05, 0.1) is 5.69 Å². The summed E-state index contributed by atoms with van der Waals surface area (Å²) in [4.78, 5) is 17.5. The molecular formula is C17H23BrN6. The first-order chi connectivity index (χ1) is 11.6. The van der Waals surface area contributed by atoms with Gasteiger partial charge in [0.2, 0.25) is 0 Å². The highest BCUT2D eigenvalue weighted by molar-refractivity contribution is 9.10. The van der Waals surface area contributed by atoms with E-state index >= 15 is 0 Å². The van der Waals surface area contributed by atoms with E-state index in [1.165, 1.54) is 6.42 Å². The number of hydrogen-bond acceptors (Lipinski definition) is 6. The third kappa shape index (κ3) is 4.64. The van der Waals surface area contributed by atoms with Crippen LogP contribution in [0.2, 0.25) is 0 Å². The van der Waals surface area contributed by atoms with E-state index in [0.29, 0.717) is 6.04 Å². The molecule has 0 spiro atoms. The molecule has 1 fully saturated rings. The number of nitrogens with one attached hydrogen (secondary N) is 1. The van der Waals surface area contributed by atoms with E-state index in [4.69, 9.17) is 0 Å². The number of piperidine rings is 1. The fourth-order valence-corrected chi connectivity index (χ4v) is 3.16. The van der Waals surface area contributed by atoms with Crippen LogP contribution in [0.1, 0.15) is 18.5 Å². The number of likely N-dealkylation sites (tertiary alicyclic amines) is 1. The molecule has 0 saturated carbocycles. The summed E-state index contributed by atoms with van der Waals surface area (Å²) < 4.78 is 1.02. The van der Waals surface area contributed by atoms with Gasteiger partial charge in [-0.2, -0.15) is 0 Å². The Bertz CT molecular complexity index is 660. The van der Waals surface area contributed by atoms with Crippen molar-refractivity contribution in [3.63, 3.8) is 0 Å². The first kappa shape index (κ1) is 17.1. The van der Waals surface area contributed by atoms with Gasteiger partial charge in [0, 0.05) is 50.0 Å². The molecule has 2 aromatic heterocycles. The molecule has 24 heavy (non-hydrogen) atoms. The SMILES string of the molecule is CN(C)c1cc(NC2CCCN(Cc3ccc(Br)cn3)C2)ncn1. The van der Waals surface area contributed by atoms with Crippen molar-refractivity contribution in [3.8, 4) is 0 Å². The van der Waals surface area contributed by atoms with Crippen molar-refractivity contribution in [3.05, 3.63) is 40.9 Å². The van der Waals surface area contributed by atoms with Crippen LogP contribution < -0.4 is 10.2 Å². The summed E-state index contributed by atoms with van der Waals surface area (Å²) in [5.74, 6) is 1.81. The molecule has 0 amide bonds. The number of anilines is 2. The van der Waals surface area contributed by atoms with Crippen LogP contribution in [-0.4, -0.2) is 53.1 Å². The van der Waals surface area contributed by atoms with Crippen LogP contribution in [-0.2, 0) is 6.54 Å².